The van der Waals surface area contributed by atoms with Gasteiger partial charge in [-0.3, -0.25) is 0 Å². The molecule has 3 rings (SSSR count). The number of methoxy groups -OCH3 is 1. The minimum Gasteiger partial charge on any atom is -0.467 e. The fourth-order valence-electron chi connectivity index (χ4n) is 3.15. The van der Waals surface area contributed by atoms with Crippen LogP contribution in [0.1, 0.15) is 36.9 Å². The smallest absolute Gasteiger partial charge is 0.318 e. The second-order valence-electron chi connectivity index (χ2n) is 5.44. The van der Waals surface area contributed by atoms with Crippen molar-refractivity contribution in [1.29, 1.82) is 0 Å². The van der Waals surface area contributed by atoms with Crippen molar-refractivity contribution in [2.24, 2.45) is 0 Å². The lowest BCUT2D eigenvalue weighted by Gasteiger charge is -2.30. The fraction of sp³-hybridized carbons (Fsp3) is 0.714. The van der Waals surface area contributed by atoms with Crippen LogP contribution in [0.25, 0.3) is 0 Å². The molecule has 0 atom stereocenters. The first-order valence-corrected chi connectivity index (χ1v) is 7.17. The highest BCUT2D eigenvalue weighted by Crippen LogP contribution is 2.31. The molecule has 104 valence electrons. The maximum atomic E-state index is 5.26. The molecular weight excluding hydrogens is 240 g/mol. The molecule has 1 aromatic rings. The standard InChI is InChI=1S/C14H22N4O/c1-18(10-5-3-4-6-10)13-11-9-15-8-7-12(11)16-14(17-13)19-2/h10,15H,3-9H2,1-2H3. The number of anilines is 1. The zero-order valence-electron chi connectivity index (χ0n) is 11.8. The van der Waals surface area contributed by atoms with Crippen LogP contribution in [-0.4, -0.2) is 36.7 Å². The van der Waals surface area contributed by atoms with Crippen molar-refractivity contribution < 1.29 is 4.74 Å². The quantitative estimate of drug-likeness (QED) is 0.895. The molecule has 1 saturated carbocycles. The summed E-state index contributed by atoms with van der Waals surface area (Å²) in [6.45, 7) is 1.85. The summed E-state index contributed by atoms with van der Waals surface area (Å²) < 4.78 is 5.26. The van der Waals surface area contributed by atoms with Crippen LogP contribution in [0.2, 0.25) is 0 Å². The van der Waals surface area contributed by atoms with E-state index in [1.54, 1.807) is 7.11 Å². The third-order valence-corrected chi connectivity index (χ3v) is 4.28. The van der Waals surface area contributed by atoms with Gasteiger partial charge in [0.2, 0.25) is 0 Å². The van der Waals surface area contributed by atoms with Gasteiger partial charge in [-0.2, -0.15) is 9.97 Å². The lowest BCUT2D eigenvalue weighted by molar-refractivity contribution is 0.375. The van der Waals surface area contributed by atoms with Gasteiger partial charge in [0.15, 0.2) is 0 Å². The van der Waals surface area contributed by atoms with E-state index < -0.39 is 0 Å². The van der Waals surface area contributed by atoms with Gasteiger partial charge in [-0.1, -0.05) is 12.8 Å². The monoisotopic (exact) mass is 262 g/mol. The topological polar surface area (TPSA) is 50.3 Å². The summed E-state index contributed by atoms with van der Waals surface area (Å²) in [6.07, 6.45) is 6.16. The number of nitrogens with one attached hydrogen (secondary N) is 1. The molecule has 1 aliphatic carbocycles. The van der Waals surface area contributed by atoms with Crippen LogP contribution in [0.5, 0.6) is 6.01 Å². The highest BCUT2D eigenvalue weighted by atomic mass is 16.5. The molecule has 19 heavy (non-hydrogen) atoms. The van der Waals surface area contributed by atoms with E-state index in [0.29, 0.717) is 12.1 Å². The maximum absolute atomic E-state index is 5.26. The second-order valence-corrected chi connectivity index (χ2v) is 5.44. The number of hydrogen-bond acceptors (Lipinski definition) is 5. The minimum absolute atomic E-state index is 0.500. The van der Waals surface area contributed by atoms with E-state index in [4.69, 9.17) is 4.74 Å². The van der Waals surface area contributed by atoms with E-state index >= 15 is 0 Å². The normalized spacial score (nSPS) is 19.3. The molecule has 0 saturated heterocycles. The number of hydrogen-bond donors (Lipinski definition) is 1. The van der Waals surface area contributed by atoms with Crippen LogP contribution in [0, 0.1) is 0 Å². The first-order valence-electron chi connectivity index (χ1n) is 7.17. The van der Waals surface area contributed by atoms with Gasteiger partial charge < -0.3 is 15.0 Å². The Labute approximate surface area is 114 Å². The van der Waals surface area contributed by atoms with Gasteiger partial charge in [0.1, 0.15) is 5.82 Å². The van der Waals surface area contributed by atoms with Crippen molar-refractivity contribution in [3.8, 4) is 6.01 Å². The van der Waals surface area contributed by atoms with Crippen LogP contribution in [0.15, 0.2) is 0 Å². The van der Waals surface area contributed by atoms with Crippen LogP contribution < -0.4 is 15.0 Å². The molecule has 1 N–H and O–H groups in total. The predicted molar refractivity (Wildman–Crippen MR) is 74.7 cm³/mol. The average Bonchev–Trinajstić information content (AvgIpc) is 2.99. The van der Waals surface area contributed by atoms with E-state index in [2.05, 4.69) is 27.2 Å². The van der Waals surface area contributed by atoms with Crippen LogP contribution in [-0.2, 0) is 13.0 Å². The molecule has 0 unspecified atom stereocenters. The molecule has 0 spiro atoms. The molecule has 0 amide bonds. The summed E-state index contributed by atoms with van der Waals surface area (Å²) in [5, 5.41) is 3.42. The van der Waals surface area contributed by atoms with E-state index in [0.717, 1.165) is 31.0 Å². The van der Waals surface area contributed by atoms with E-state index in [1.165, 1.54) is 31.2 Å². The molecule has 0 aromatic carbocycles. The van der Waals surface area contributed by atoms with Gasteiger partial charge in [-0.15, -0.1) is 0 Å². The van der Waals surface area contributed by atoms with Crippen LogP contribution in [0.4, 0.5) is 5.82 Å². The third kappa shape index (κ3) is 2.39. The van der Waals surface area contributed by atoms with Gasteiger partial charge in [-0.25, -0.2) is 0 Å². The van der Waals surface area contributed by atoms with Gasteiger partial charge in [0.25, 0.3) is 0 Å². The Morgan fingerprint density at radius 2 is 2.05 bits per heavy atom. The molecule has 2 aliphatic rings. The second kappa shape index (κ2) is 5.33. The summed E-state index contributed by atoms with van der Waals surface area (Å²) in [4.78, 5) is 11.4. The number of fused-ring (bicyclic) bond motifs is 1. The Bertz CT molecular complexity index is 457. The molecule has 1 aliphatic heterocycles. The van der Waals surface area contributed by atoms with Crippen molar-refractivity contribution in [3.05, 3.63) is 11.3 Å². The van der Waals surface area contributed by atoms with Crippen molar-refractivity contribution in [3.63, 3.8) is 0 Å². The SMILES string of the molecule is COc1nc2c(c(N(C)C3CCCC3)n1)CNCC2. The average molecular weight is 262 g/mol. The molecule has 5 heteroatoms. The summed E-state index contributed by atoms with van der Waals surface area (Å²) in [6, 6.07) is 1.12. The predicted octanol–water partition coefficient (Wildman–Crippen LogP) is 1.51. The zero-order valence-corrected chi connectivity index (χ0v) is 11.8. The summed E-state index contributed by atoms with van der Waals surface area (Å²) in [5.74, 6) is 1.06. The van der Waals surface area contributed by atoms with Gasteiger partial charge in [-0.05, 0) is 12.8 Å². The van der Waals surface area contributed by atoms with Crippen molar-refractivity contribution in [2.45, 2.75) is 44.7 Å². The lowest BCUT2D eigenvalue weighted by Crippen LogP contribution is -2.34. The Morgan fingerprint density at radius 1 is 1.26 bits per heavy atom. The lowest BCUT2D eigenvalue weighted by atomic mass is 10.1. The Hall–Kier alpha value is -1.36. The third-order valence-electron chi connectivity index (χ3n) is 4.28. The Morgan fingerprint density at radius 3 is 2.79 bits per heavy atom. The number of aromatic nitrogens is 2. The molecule has 0 bridgehead atoms. The maximum Gasteiger partial charge on any atom is 0.318 e. The number of nitrogens with zero attached hydrogens (tertiary/aromatic N) is 3. The van der Waals surface area contributed by atoms with Crippen molar-refractivity contribution >= 4 is 5.82 Å². The van der Waals surface area contributed by atoms with E-state index in [1.807, 2.05) is 0 Å². The fourth-order valence-corrected chi connectivity index (χ4v) is 3.15. The van der Waals surface area contributed by atoms with Crippen LogP contribution in [0.3, 0.4) is 0 Å². The molecule has 1 fully saturated rings. The minimum atomic E-state index is 0.500. The molecule has 0 radical (unpaired) electrons. The highest BCUT2D eigenvalue weighted by Gasteiger charge is 2.26. The molecule has 1 aromatic heterocycles. The van der Waals surface area contributed by atoms with E-state index in [-0.39, 0.29) is 0 Å². The summed E-state index contributed by atoms with van der Waals surface area (Å²) in [5.41, 5.74) is 2.40. The first kappa shape index (κ1) is 12.7. The van der Waals surface area contributed by atoms with Crippen molar-refractivity contribution in [1.82, 2.24) is 15.3 Å². The number of ether oxygens (including phenoxy) is 1. The molecular formula is C14H22N4O. The van der Waals surface area contributed by atoms with Crippen LogP contribution >= 0.6 is 0 Å². The Balaban J connectivity index is 1.97. The van der Waals surface area contributed by atoms with E-state index in [9.17, 15) is 0 Å². The number of rotatable bonds is 3. The zero-order chi connectivity index (χ0) is 13.2. The largest absolute Gasteiger partial charge is 0.467 e. The van der Waals surface area contributed by atoms with Gasteiger partial charge >= 0.3 is 6.01 Å². The van der Waals surface area contributed by atoms with Crippen molar-refractivity contribution in [2.75, 3.05) is 25.6 Å². The summed E-state index contributed by atoms with van der Waals surface area (Å²) in [7, 11) is 3.80. The molecule has 2 heterocycles. The Kier molecular flexibility index (Phi) is 3.55. The van der Waals surface area contributed by atoms with Gasteiger partial charge in [0, 0.05) is 38.2 Å². The first-order chi connectivity index (χ1) is 9.29. The molecule has 5 nitrogen and oxygen atoms in total. The summed E-state index contributed by atoms with van der Waals surface area (Å²) >= 11 is 0. The van der Waals surface area contributed by atoms with Gasteiger partial charge in [0.05, 0.1) is 12.8 Å². The highest BCUT2D eigenvalue weighted by molar-refractivity contribution is 5.51.